The number of nitrogens with zero attached hydrogens (tertiary/aromatic N) is 2. The summed E-state index contributed by atoms with van der Waals surface area (Å²) in [5, 5.41) is 13.0. The predicted molar refractivity (Wildman–Crippen MR) is 115 cm³/mol. The quantitative estimate of drug-likeness (QED) is 0.443. The van der Waals surface area contributed by atoms with Crippen LogP contribution in [0.25, 0.3) is 32.8 Å². The lowest BCUT2D eigenvalue weighted by molar-refractivity contribution is 0.251. The van der Waals surface area contributed by atoms with Gasteiger partial charge in [0, 0.05) is 39.4 Å². The van der Waals surface area contributed by atoms with Gasteiger partial charge in [0.25, 0.3) is 0 Å². The number of carbonyl (C=O) groups excluding carboxylic acids is 1. The van der Waals surface area contributed by atoms with Gasteiger partial charge >= 0.3 is 6.03 Å². The number of rotatable bonds is 4. The topological polar surface area (TPSA) is 72.1 Å². The number of anilines is 1. The average molecular weight is 384 g/mol. The number of urea groups is 1. The first-order valence-electron chi connectivity index (χ1n) is 9.63. The third-order valence-electron chi connectivity index (χ3n) is 5.22. The number of fused-ring (bicyclic) bond motifs is 4. The smallest absolute Gasteiger partial charge is 0.319 e. The fourth-order valence-electron chi connectivity index (χ4n) is 3.88. The van der Waals surface area contributed by atoms with Crippen LogP contribution < -0.4 is 10.6 Å². The summed E-state index contributed by atoms with van der Waals surface area (Å²) in [7, 11) is 0. The lowest BCUT2D eigenvalue weighted by Crippen LogP contribution is -2.28. The number of benzene rings is 3. The van der Waals surface area contributed by atoms with E-state index in [1.165, 1.54) is 10.9 Å². The van der Waals surface area contributed by atoms with Gasteiger partial charge in [0.1, 0.15) is 5.69 Å². The molecule has 0 saturated heterocycles. The first-order valence-corrected chi connectivity index (χ1v) is 9.63. The zero-order valence-electron chi connectivity index (χ0n) is 16.0. The first-order chi connectivity index (χ1) is 14.2. The average Bonchev–Trinajstić information content (AvgIpc) is 3.31. The molecule has 0 aliphatic rings. The van der Waals surface area contributed by atoms with Crippen LogP contribution in [0.1, 0.15) is 12.6 Å². The van der Waals surface area contributed by atoms with Crippen molar-refractivity contribution < 1.29 is 9.32 Å². The SMILES string of the molecule is CCn1c2ccccc2c2cc(NC(=O)NCc3noc4ccccc34)ccc21. The Hall–Kier alpha value is -3.80. The molecule has 0 bridgehead atoms. The van der Waals surface area contributed by atoms with E-state index in [1.54, 1.807) is 0 Å². The van der Waals surface area contributed by atoms with Crippen molar-refractivity contribution in [3.8, 4) is 0 Å². The molecular formula is C23H20N4O2. The highest BCUT2D eigenvalue weighted by atomic mass is 16.5. The predicted octanol–water partition coefficient (Wildman–Crippen LogP) is 5.28. The van der Waals surface area contributed by atoms with Crippen molar-refractivity contribution in [3.63, 3.8) is 0 Å². The van der Waals surface area contributed by atoms with Gasteiger partial charge in [-0.15, -0.1) is 0 Å². The maximum Gasteiger partial charge on any atom is 0.319 e. The fraction of sp³-hybridized carbons (Fsp3) is 0.130. The lowest BCUT2D eigenvalue weighted by Gasteiger charge is -2.08. The molecule has 3 aromatic carbocycles. The summed E-state index contributed by atoms with van der Waals surface area (Å²) < 4.78 is 7.56. The van der Waals surface area contributed by atoms with Crippen molar-refractivity contribution in [1.29, 1.82) is 0 Å². The zero-order chi connectivity index (χ0) is 19.8. The Balaban J connectivity index is 1.37. The van der Waals surface area contributed by atoms with Crippen molar-refractivity contribution in [2.45, 2.75) is 20.0 Å². The second-order valence-corrected chi connectivity index (χ2v) is 6.93. The molecule has 144 valence electrons. The molecule has 0 aliphatic carbocycles. The van der Waals surface area contributed by atoms with Crippen LogP contribution in [0.3, 0.4) is 0 Å². The van der Waals surface area contributed by atoms with Crippen LogP contribution >= 0.6 is 0 Å². The highest BCUT2D eigenvalue weighted by Crippen LogP contribution is 2.31. The lowest BCUT2D eigenvalue weighted by atomic mass is 10.1. The van der Waals surface area contributed by atoms with E-state index in [1.807, 2.05) is 48.5 Å². The van der Waals surface area contributed by atoms with Crippen LogP contribution in [0, 0.1) is 0 Å². The van der Waals surface area contributed by atoms with E-state index in [4.69, 9.17) is 4.52 Å². The Morgan fingerprint density at radius 3 is 2.59 bits per heavy atom. The van der Waals surface area contributed by atoms with Gasteiger partial charge in [-0.25, -0.2) is 4.79 Å². The van der Waals surface area contributed by atoms with Gasteiger partial charge < -0.3 is 19.7 Å². The number of hydrogen-bond acceptors (Lipinski definition) is 3. The minimum absolute atomic E-state index is 0.282. The highest BCUT2D eigenvalue weighted by Gasteiger charge is 2.12. The van der Waals surface area contributed by atoms with Gasteiger partial charge in [0.15, 0.2) is 5.58 Å². The van der Waals surface area contributed by atoms with Gasteiger partial charge in [-0.1, -0.05) is 35.5 Å². The molecule has 0 atom stereocenters. The third kappa shape index (κ3) is 2.99. The number of aryl methyl sites for hydroxylation is 1. The standard InChI is InChI=1S/C23H20N4O2/c1-2-27-20-9-5-3-7-16(20)18-13-15(11-12-21(18)27)25-23(28)24-14-19-17-8-4-6-10-22(17)29-26-19/h3-13H,2,14H2,1H3,(H2,24,25,28). The number of aromatic nitrogens is 2. The molecule has 6 nitrogen and oxygen atoms in total. The number of amides is 2. The number of para-hydroxylation sites is 2. The summed E-state index contributed by atoms with van der Waals surface area (Å²) in [5.74, 6) is 0. The van der Waals surface area contributed by atoms with Gasteiger partial charge in [-0.2, -0.15) is 0 Å². The Morgan fingerprint density at radius 1 is 0.966 bits per heavy atom. The Morgan fingerprint density at radius 2 is 1.72 bits per heavy atom. The molecule has 2 N–H and O–H groups in total. The van der Waals surface area contributed by atoms with Crippen molar-refractivity contribution in [2.24, 2.45) is 0 Å². The molecule has 0 radical (unpaired) electrons. The van der Waals surface area contributed by atoms with E-state index in [0.29, 0.717) is 17.8 Å². The molecule has 0 spiro atoms. The van der Waals surface area contributed by atoms with Crippen LogP contribution in [0.5, 0.6) is 0 Å². The van der Waals surface area contributed by atoms with E-state index < -0.39 is 0 Å². The second kappa shape index (κ2) is 6.98. The zero-order valence-corrected chi connectivity index (χ0v) is 16.0. The van der Waals surface area contributed by atoms with E-state index in [-0.39, 0.29) is 6.03 Å². The van der Waals surface area contributed by atoms with Crippen LogP contribution in [0.15, 0.2) is 71.3 Å². The first kappa shape index (κ1) is 17.3. The fourth-order valence-corrected chi connectivity index (χ4v) is 3.88. The molecule has 0 saturated carbocycles. The van der Waals surface area contributed by atoms with Gasteiger partial charge in [0.05, 0.1) is 6.54 Å². The summed E-state index contributed by atoms with van der Waals surface area (Å²) in [4.78, 5) is 12.4. The van der Waals surface area contributed by atoms with Crippen LogP contribution in [0.2, 0.25) is 0 Å². The molecule has 5 rings (SSSR count). The van der Waals surface area contributed by atoms with Crippen LogP contribution in [0.4, 0.5) is 10.5 Å². The second-order valence-electron chi connectivity index (χ2n) is 6.93. The van der Waals surface area contributed by atoms with Crippen molar-refractivity contribution in [3.05, 3.63) is 72.4 Å². The largest absolute Gasteiger partial charge is 0.356 e. The summed E-state index contributed by atoms with van der Waals surface area (Å²) in [6.45, 7) is 3.32. The molecule has 0 aliphatic heterocycles. The van der Waals surface area contributed by atoms with Crippen molar-refractivity contribution in [2.75, 3.05) is 5.32 Å². The van der Waals surface area contributed by atoms with Crippen molar-refractivity contribution in [1.82, 2.24) is 15.0 Å². The maximum atomic E-state index is 12.4. The van der Waals surface area contributed by atoms with E-state index in [9.17, 15) is 4.79 Å². The van der Waals surface area contributed by atoms with E-state index >= 15 is 0 Å². The molecule has 2 heterocycles. The summed E-state index contributed by atoms with van der Waals surface area (Å²) in [6.07, 6.45) is 0. The van der Waals surface area contributed by atoms with E-state index in [2.05, 4.69) is 45.5 Å². The maximum absolute atomic E-state index is 12.4. The van der Waals surface area contributed by atoms with Gasteiger partial charge in [0.2, 0.25) is 0 Å². The normalized spacial score (nSPS) is 11.3. The molecule has 5 aromatic rings. The monoisotopic (exact) mass is 384 g/mol. The van der Waals surface area contributed by atoms with Crippen LogP contribution in [-0.2, 0) is 13.1 Å². The summed E-state index contributed by atoms with van der Waals surface area (Å²) in [5.41, 5.74) is 4.52. The minimum Gasteiger partial charge on any atom is -0.356 e. The molecule has 29 heavy (non-hydrogen) atoms. The third-order valence-corrected chi connectivity index (χ3v) is 5.22. The molecular weight excluding hydrogens is 364 g/mol. The number of carbonyl (C=O) groups is 1. The molecule has 2 amide bonds. The highest BCUT2D eigenvalue weighted by molar-refractivity contribution is 6.09. The van der Waals surface area contributed by atoms with E-state index in [0.717, 1.165) is 28.5 Å². The minimum atomic E-state index is -0.282. The van der Waals surface area contributed by atoms with Crippen molar-refractivity contribution >= 4 is 44.5 Å². The van der Waals surface area contributed by atoms with Crippen LogP contribution in [-0.4, -0.2) is 15.8 Å². The number of nitrogens with one attached hydrogen (secondary N) is 2. The van der Waals surface area contributed by atoms with Gasteiger partial charge in [-0.3, -0.25) is 0 Å². The molecule has 2 aromatic heterocycles. The summed E-state index contributed by atoms with van der Waals surface area (Å²) in [6, 6.07) is 21.7. The Kier molecular flexibility index (Phi) is 4.17. The molecule has 6 heteroatoms. The Bertz CT molecular complexity index is 1350. The molecule has 0 unspecified atom stereocenters. The number of hydrogen-bond donors (Lipinski definition) is 2. The summed E-state index contributed by atoms with van der Waals surface area (Å²) >= 11 is 0. The Labute approximate surface area is 167 Å². The van der Waals surface area contributed by atoms with Gasteiger partial charge in [-0.05, 0) is 43.3 Å². The molecule has 0 fully saturated rings.